The third-order valence-corrected chi connectivity index (χ3v) is 10.2. The lowest BCUT2D eigenvalue weighted by molar-refractivity contribution is -0.138. The number of nitrogens with zero attached hydrogens (tertiary/aromatic N) is 3. The molecule has 4 amide bonds. The first-order valence-electron chi connectivity index (χ1n) is 23.8. The SMILES string of the molecule is C[C@H](NC(=O)OC(C)(C)C)c1cc(C(=O)O)on1.Cc1ccc(N)cc1C(F)(F)F.Cc1ccc(NC(=O)c2cc([C@H](C)N)no2)cc1C(F)(F)F.Cc1ccc(NC(=O)c2cc([C@H](C)NC(=O)OC(C)(C)C)no2)cc1C(F)(F)F. The predicted molar refractivity (Wildman–Crippen MR) is 274 cm³/mol. The predicted octanol–water partition coefficient (Wildman–Crippen LogP) is 12.7. The second kappa shape index (κ2) is 27.0. The van der Waals surface area contributed by atoms with E-state index in [1.54, 1.807) is 62.3 Å². The molecule has 0 unspecified atom stereocenters. The van der Waals surface area contributed by atoms with E-state index in [4.69, 9.17) is 35.1 Å². The second-order valence-corrected chi connectivity index (χ2v) is 19.7. The fourth-order valence-corrected chi connectivity index (χ4v) is 6.26. The van der Waals surface area contributed by atoms with Gasteiger partial charge in [0, 0.05) is 41.3 Å². The zero-order valence-electron chi connectivity index (χ0n) is 45.6. The van der Waals surface area contributed by atoms with Crippen molar-refractivity contribution in [3.05, 3.63) is 141 Å². The number of nitrogens with one attached hydrogen (secondary N) is 4. The number of aromatic carboxylic acids is 1. The summed E-state index contributed by atoms with van der Waals surface area (Å²) < 4.78 is 139. The summed E-state index contributed by atoms with van der Waals surface area (Å²) in [5, 5.41) is 29.3. The Bertz CT molecular complexity index is 3140. The maximum absolute atomic E-state index is 13.0. The molecular formula is C52H60F9N9O11. The summed E-state index contributed by atoms with van der Waals surface area (Å²) in [6.45, 7) is 19.4. The largest absolute Gasteiger partial charge is 0.475 e. The van der Waals surface area contributed by atoms with Gasteiger partial charge < -0.3 is 60.9 Å². The van der Waals surface area contributed by atoms with E-state index in [1.807, 2.05) is 0 Å². The van der Waals surface area contributed by atoms with Gasteiger partial charge >= 0.3 is 36.7 Å². The summed E-state index contributed by atoms with van der Waals surface area (Å²) in [5.74, 6) is -3.30. The van der Waals surface area contributed by atoms with Crippen LogP contribution in [0.3, 0.4) is 0 Å². The summed E-state index contributed by atoms with van der Waals surface area (Å²) in [5.41, 5.74) is 8.58. The van der Waals surface area contributed by atoms with Crippen LogP contribution in [0.5, 0.6) is 0 Å². The number of hydrogen-bond donors (Lipinski definition) is 7. The summed E-state index contributed by atoms with van der Waals surface area (Å²) in [7, 11) is 0. The highest BCUT2D eigenvalue weighted by molar-refractivity contribution is 6.03. The fourth-order valence-electron chi connectivity index (χ4n) is 6.26. The number of halogens is 9. The van der Waals surface area contributed by atoms with Gasteiger partial charge in [0.05, 0.1) is 28.8 Å². The van der Waals surface area contributed by atoms with Crippen LogP contribution in [0.25, 0.3) is 0 Å². The molecule has 3 aromatic carbocycles. The molecule has 29 heteroatoms. The number of nitrogens with two attached hydrogens (primary N) is 2. The molecule has 0 aliphatic heterocycles. The zero-order chi connectivity index (χ0) is 61.7. The molecule has 20 nitrogen and oxygen atoms in total. The van der Waals surface area contributed by atoms with Crippen LogP contribution in [0, 0.1) is 20.8 Å². The van der Waals surface area contributed by atoms with Crippen molar-refractivity contribution in [2.24, 2.45) is 5.73 Å². The van der Waals surface area contributed by atoms with Crippen molar-refractivity contribution < 1.29 is 91.6 Å². The number of carbonyl (C=O) groups is 5. The summed E-state index contributed by atoms with van der Waals surface area (Å²) in [4.78, 5) is 58.1. The molecule has 6 aromatic rings. The number of rotatable bonds is 10. The van der Waals surface area contributed by atoms with E-state index in [9.17, 15) is 63.5 Å². The summed E-state index contributed by atoms with van der Waals surface area (Å²) >= 11 is 0. The van der Waals surface area contributed by atoms with Crippen LogP contribution >= 0.6 is 0 Å². The molecule has 0 spiro atoms. The van der Waals surface area contributed by atoms with Gasteiger partial charge in [0.25, 0.3) is 11.8 Å². The molecule has 81 heavy (non-hydrogen) atoms. The van der Waals surface area contributed by atoms with Gasteiger partial charge in [-0.3, -0.25) is 9.59 Å². The Labute approximate surface area is 457 Å². The highest BCUT2D eigenvalue weighted by atomic mass is 19.4. The van der Waals surface area contributed by atoms with Crippen LogP contribution in [-0.2, 0) is 28.0 Å². The van der Waals surface area contributed by atoms with Crippen molar-refractivity contribution in [2.75, 3.05) is 16.4 Å². The number of anilines is 3. The lowest BCUT2D eigenvalue weighted by Crippen LogP contribution is -2.34. The van der Waals surface area contributed by atoms with Crippen LogP contribution < -0.4 is 32.7 Å². The monoisotopic (exact) mass is 1160 g/mol. The van der Waals surface area contributed by atoms with E-state index in [0.717, 1.165) is 18.2 Å². The normalized spacial score (nSPS) is 12.8. The van der Waals surface area contributed by atoms with Gasteiger partial charge in [0.2, 0.25) is 17.3 Å². The Morgan fingerprint density at radius 1 is 0.519 bits per heavy atom. The molecule has 3 aromatic heterocycles. The Balaban J connectivity index is 0.000000296. The second-order valence-electron chi connectivity index (χ2n) is 19.7. The number of alkyl halides is 9. The number of carbonyl (C=O) groups excluding carboxylic acids is 4. The van der Waals surface area contributed by atoms with Crippen molar-refractivity contribution in [3.8, 4) is 0 Å². The first-order valence-corrected chi connectivity index (χ1v) is 23.8. The van der Waals surface area contributed by atoms with Crippen LogP contribution in [0.2, 0.25) is 0 Å². The number of benzene rings is 3. The average molecular weight is 1160 g/mol. The molecule has 0 radical (unpaired) electrons. The van der Waals surface area contributed by atoms with E-state index >= 15 is 0 Å². The minimum Gasteiger partial charge on any atom is -0.475 e. The first-order chi connectivity index (χ1) is 37.0. The van der Waals surface area contributed by atoms with Gasteiger partial charge in [-0.2, -0.15) is 39.5 Å². The quantitative estimate of drug-likeness (QED) is 0.0495. The van der Waals surface area contributed by atoms with Gasteiger partial charge in [0.1, 0.15) is 28.3 Å². The molecular weight excluding hydrogens is 1100 g/mol. The van der Waals surface area contributed by atoms with Gasteiger partial charge in [-0.25, -0.2) is 14.4 Å². The number of ether oxygens (including phenoxy) is 2. The third kappa shape index (κ3) is 21.9. The molecule has 0 saturated heterocycles. The summed E-state index contributed by atoms with van der Waals surface area (Å²) in [6.07, 6.45) is -14.6. The number of aryl methyl sites for hydroxylation is 3. The van der Waals surface area contributed by atoms with Crippen molar-refractivity contribution in [1.82, 2.24) is 26.1 Å². The lowest BCUT2D eigenvalue weighted by Gasteiger charge is -2.21. The molecule has 442 valence electrons. The highest BCUT2D eigenvalue weighted by Gasteiger charge is 2.35. The maximum atomic E-state index is 13.0. The van der Waals surface area contributed by atoms with Crippen LogP contribution in [0.1, 0.15) is 163 Å². The lowest BCUT2D eigenvalue weighted by atomic mass is 10.1. The number of nitrogen functional groups attached to an aromatic ring is 1. The summed E-state index contributed by atoms with van der Waals surface area (Å²) in [6, 6.07) is 13.1. The van der Waals surface area contributed by atoms with Gasteiger partial charge in [-0.1, -0.05) is 33.7 Å². The molecule has 0 bridgehead atoms. The zero-order valence-corrected chi connectivity index (χ0v) is 45.6. The highest BCUT2D eigenvalue weighted by Crippen LogP contribution is 2.36. The maximum Gasteiger partial charge on any atom is 0.416 e. The van der Waals surface area contributed by atoms with Crippen LogP contribution in [0.4, 0.5) is 66.2 Å². The van der Waals surface area contributed by atoms with E-state index < -0.39 is 94.5 Å². The van der Waals surface area contributed by atoms with Crippen molar-refractivity contribution in [1.29, 1.82) is 0 Å². The number of carboxylic acids is 1. The van der Waals surface area contributed by atoms with E-state index in [1.165, 1.54) is 75.4 Å². The van der Waals surface area contributed by atoms with E-state index in [0.29, 0.717) is 11.4 Å². The molecule has 3 heterocycles. The Kier molecular flexibility index (Phi) is 22.2. The molecule has 9 N–H and O–H groups in total. The minimum atomic E-state index is -4.53. The molecule has 6 rings (SSSR count). The molecule has 0 aliphatic carbocycles. The van der Waals surface area contributed by atoms with Gasteiger partial charge in [-0.15, -0.1) is 0 Å². The number of carboxylic acid groups (broad SMARTS) is 1. The Morgan fingerprint density at radius 3 is 1.15 bits per heavy atom. The number of alkyl carbamates (subject to hydrolysis) is 2. The first kappa shape index (κ1) is 66.6. The molecule has 3 atom stereocenters. The van der Waals surface area contributed by atoms with Crippen molar-refractivity contribution >= 4 is 47.0 Å². The van der Waals surface area contributed by atoms with E-state index in [2.05, 4.69) is 41.3 Å². The topological polar surface area (TPSA) is 302 Å². The third-order valence-electron chi connectivity index (χ3n) is 10.2. The fraction of sp³-hybridized carbons (Fsp3) is 0.385. The molecule has 0 fully saturated rings. The Hall–Kier alpha value is -8.63. The van der Waals surface area contributed by atoms with Crippen molar-refractivity contribution in [2.45, 2.75) is 131 Å². The number of amides is 4. The van der Waals surface area contributed by atoms with Gasteiger partial charge in [0.15, 0.2) is 0 Å². The Morgan fingerprint density at radius 2 is 0.840 bits per heavy atom. The van der Waals surface area contributed by atoms with Crippen LogP contribution in [-0.4, -0.2) is 61.7 Å². The average Bonchev–Trinajstić information content (AvgIpc) is 4.19. The number of aromatic nitrogens is 3. The standard InChI is InChI=1S/C19H22F3N3O4.C14H14F3N3O2.C11H16N2O5.C8H8F3N/c1-10-6-7-12(8-13(10)19(20,21)22)24-16(26)15-9-14(25-29-15)11(2)23-17(27)28-18(3,4)5;1-7-3-4-9(5-10(7)14(15,16)17)19-13(21)12-6-11(8(2)18)20-22-12;1-6(12-10(16)17-11(2,3)4)7-5-8(9(14)15)18-13-7;1-5-2-3-6(12)4-7(5)8(9,10)11/h6-9,11H,1-5H3,(H,23,27)(H,24,26);3-6,8H,18H2,1-2H3,(H,19,21);5-6H,1-4H3,(H,12,16)(H,14,15);2-4H,12H2,1H3/t11-;8-;6-;/m000./s1. The molecule has 0 saturated carbocycles. The smallest absolute Gasteiger partial charge is 0.416 e. The van der Waals surface area contributed by atoms with E-state index in [-0.39, 0.29) is 56.7 Å². The minimum absolute atomic E-state index is 0.0154. The van der Waals surface area contributed by atoms with Crippen LogP contribution in [0.15, 0.2) is 86.4 Å². The molecule has 0 aliphatic rings. The number of hydrogen-bond acceptors (Lipinski definition) is 15. The van der Waals surface area contributed by atoms with Gasteiger partial charge in [-0.05, 0) is 136 Å². The van der Waals surface area contributed by atoms with Crippen molar-refractivity contribution in [3.63, 3.8) is 0 Å².